The third kappa shape index (κ3) is 4.61. The molecule has 0 bridgehead atoms. The Morgan fingerprint density at radius 3 is 1.53 bits per heavy atom. The van der Waals surface area contributed by atoms with Crippen LogP contribution in [0.5, 0.6) is 5.75 Å². The minimum Gasteiger partial charge on any atom is -0.507 e. The molecule has 0 radical (unpaired) electrons. The highest BCUT2D eigenvalue weighted by Crippen LogP contribution is 2.30. The van der Waals surface area contributed by atoms with Crippen molar-refractivity contribution in [1.29, 1.82) is 0 Å². The number of rotatable bonds is 5. The van der Waals surface area contributed by atoms with Gasteiger partial charge in [0.05, 0.1) is 30.9 Å². The van der Waals surface area contributed by atoms with Crippen LogP contribution >= 0.6 is 0 Å². The van der Waals surface area contributed by atoms with Crippen LogP contribution in [0.25, 0.3) is 34.2 Å². The number of hydrogen-bond acceptors (Lipinski definition) is 8. The summed E-state index contributed by atoms with van der Waals surface area (Å²) in [5, 5.41) is 10.5. The average molecular weight is 455 g/mol. The second-order valence-corrected chi connectivity index (χ2v) is 7.46. The highest BCUT2D eigenvalue weighted by atomic mass is 16.5. The maximum atomic E-state index is 11.8. The van der Waals surface area contributed by atoms with Crippen molar-refractivity contribution in [2.45, 2.75) is 6.92 Å². The zero-order chi connectivity index (χ0) is 24.2. The lowest BCUT2D eigenvalue weighted by Crippen LogP contribution is -2.03. The van der Waals surface area contributed by atoms with Gasteiger partial charge in [-0.1, -0.05) is 30.3 Å². The van der Waals surface area contributed by atoms with E-state index in [0.717, 1.165) is 5.56 Å². The molecule has 1 aromatic heterocycles. The summed E-state index contributed by atoms with van der Waals surface area (Å²) in [5.41, 5.74) is 3.44. The summed E-state index contributed by atoms with van der Waals surface area (Å²) in [7, 11) is 2.64. The van der Waals surface area contributed by atoms with Gasteiger partial charge in [0.2, 0.25) is 0 Å². The van der Waals surface area contributed by atoms with Crippen molar-refractivity contribution in [1.82, 2.24) is 15.0 Å². The van der Waals surface area contributed by atoms with E-state index in [1.54, 1.807) is 60.7 Å². The number of aromatic hydroxyl groups is 1. The quantitative estimate of drug-likeness (QED) is 0.439. The first-order chi connectivity index (χ1) is 16.4. The molecule has 0 spiro atoms. The topological polar surface area (TPSA) is 112 Å². The predicted octanol–water partition coefficient (Wildman–Crippen LogP) is 4.46. The van der Waals surface area contributed by atoms with E-state index in [9.17, 15) is 14.7 Å². The van der Waals surface area contributed by atoms with Gasteiger partial charge >= 0.3 is 11.9 Å². The van der Waals surface area contributed by atoms with Crippen LogP contribution in [0, 0.1) is 6.92 Å². The van der Waals surface area contributed by atoms with Gasteiger partial charge < -0.3 is 14.6 Å². The molecule has 0 unspecified atom stereocenters. The summed E-state index contributed by atoms with van der Waals surface area (Å²) in [5.74, 6) is 0.149. The van der Waals surface area contributed by atoms with Gasteiger partial charge in [0.15, 0.2) is 17.5 Å². The van der Waals surface area contributed by atoms with Gasteiger partial charge in [0.25, 0.3) is 0 Å². The van der Waals surface area contributed by atoms with Crippen LogP contribution in [0.2, 0.25) is 0 Å². The molecule has 3 aromatic carbocycles. The predicted molar refractivity (Wildman–Crippen MR) is 125 cm³/mol. The van der Waals surface area contributed by atoms with Crippen LogP contribution in [0.1, 0.15) is 26.3 Å². The molecule has 0 aliphatic carbocycles. The normalized spacial score (nSPS) is 10.6. The molecule has 8 nitrogen and oxygen atoms in total. The Bertz CT molecular complexity index is 1290. The standard InChI is InChI=1S/C26H21N3O5/c1-15-4-13-20(21(30)14-15)24-28-22(16-5-9-18(10-6-16)25(31)33-2)27-23(29-24)17-7-11-19(12-8-17)26(32)34-3/h4-14,30H,1-3H3. The van der Waals surface area contributed by atoms with Crippen molar-refractivity contribution in [2.75, 3.05) is 14.2 Å². The average Bonchev–Trinajstić information content (AvgIpc) is 2.87. The summed E-state index contributed by atoms with van der Waals surface area (Å²) in [6, 6.07) is 18.6. The van der Waals surface area contributed by atoms with E-state index in [4.69, 9.17) is 9.47 Å². The molecule has 0 saturated carbocycles. The summed E-state index contributed by atoms with van der Waals surface area (Å²) in [6.45, 7) is 1.87. The molecule has 8 heteroatoms. The number of ether oxygens (including phenoxy) is 2. The lowest BCUT2D eigenvalue weighted by Gasteiger charge is -2.10. The van der Waals surface area contributed by atoms with Crippen molar-refractivity contribution in [3.63, 3.8) is 0 Å². The summed E-state index contributed by atoms with van der Waals surface area (Å²) in [6.07, 6.45) is 0. The number of nitrogens with zero attached hydrogens (tertiary/aromatic N) is 3. The highest BCUT2D eigenvalue weighted by Gasteiger charge is 2.16. The van der Waals surface area contributed by atoms with Crippen LogP contribution in [0.4, 0.5) is 0 Å². The number of carbonyl (C=O) groups is 2. The third-order valence-electron chi connectivity index (χ3n) is 5.16. The fraction of sp³-hybridized carbons (Fsp3) is 0.115. The molecular formula is C26H21N3O5. The largest absolute Gasteiger partial charge is 0.507 e. The van der Waals surface area contributed by atoms with Gasteiger partial charge in [-0.05, 0) is 48.9 Å². The third-order valence-corrected chi connectivity index (χ3v) is 5.16. The molecule has 4 rings (SSSR count). The summed E-state index contributed by atoms with van der Waals surface area (Å²) in [4.78, 5) is 37.3. The van der Waals surface area contributed by atoms with Crippen molar-refractivity contribution >= 4 is 11.9 Å². The summed E-state index contributed by atoms with van der Waals surface area (Å²) >= 11 is 0. The maximum Gasteiger partial charge on any atom is 0.337 e. The molecule has 4 aromatic rings. The number of aryl methyl sites for hydroxylation is 1. The highest BCUT2D eigenvalue weighted by molar-refractivity contribution is 5.90. The Labute approximate surface area is 195 Å². The number of hydrogen-bond donors (Lipinski definition) is 1. The Morgan fingerprint density at radius 1 is 0.676 bits per heavy atom. The number of phenols is 1. The second kappa shape index (κ2) is 9.50. The molecule has 0 fully saturated rings. The van der Waals surface area contributed by atoms with Gasteiger partial charge in [-0.25, -0.2) is 24.5 Å². The molecule has 0 amide bonds. The molecule has 0 aliphatic heterocycles. The molecule has 0 atom stereocenters. The van der Waals surface area contributed by atoms with Crippen LogP contribution in [0.15, 0.2) is 66.7 Å². The van der Waals surface area contributed by atoms with E-state index in [2.05, 4.69) is 15.0 Å². The van der Waals surface area contributed by atoms with E-state index in [1.165, 1.54) is 14.2 Å². The number of carbonyl (C=O) groups excluding carboxylic acids is 2. The number of aromatic nitrogens is 3. The Hall–Kier alpha value is -4.59. The maximum absolute atomic E-state index is 11.8. The van der Waals surface area contributed by atoms with E-state index in [-0.39, 0.29) is 11.6 Å². The lowest BCUT2D eigenvalue weighted by molar-refractivity contribution is 0.0592. The SMILES string of the molecule is COC(=O)c1ccc(-c2nc(-c3ccc(C(=O)OC)cc3)nc(-c3ccc(C)cc3O)n2)cc1. The van der Waals surface area contributed by atoms with Gasteiger partial charge in [-0.2, -0.15) is 0 Å². The first-order valence-corrected chi connectivity index (χ1v) is 10.3. The molecule has 170 valence electrons. The molecule has 0 saturated heterocycles. The first kappa shape index (κ1) is 22.6. The zero-order valence-corrected chi connectivity index (χ0v) is 18.8. The zero-order valence-electron chi connectivity index (χ0n) is 18.8. The van der Waals surface area contributed by atoms with Gasteiger partial charge in [0, 0.05) is 11.1 Å². The van der Waals surface area contributed by atoms with E-state index in [0.29, 0.717) is 39.5 Å². The van der Waals surface area contributed by atoms with Gasteiger partial charge in [-0.3, -0.25) is 0 Å². The number of methoxy groups -OCH3 is 2. The van der Waals surface area contributed by atoms with Crippen molar-refractivity contribution in [3.05, 3.63) is 83.4 Å². The number of benzene rings is 3. The minimum absolute atomic E-state index is 0.0465. The fourth-order valence-electron chi connectivity index (χ4n) is 3.33. The van der Waals surface area contributed by atoms with Crippen molar-refractivity contribution in [2.24, 2.45) is 0 Å². The van der Waals surface area contributed by atoms with Crippen LogP contribution in [-0.2, 0) is 9.47 Å². The van der Waals surface area contributed by atoms with Crippen molar-refractivity contribution in [3.8, 4) is 39.9 Å². The second-order valence-electron chi connectivity index (χ2n) is 7.46. The van der Waals surface area contributed by atoms with Gasteiger partial charge in [-0.15, -0.1) is 0 Å². The van der Waals surface area contributed by atoms with E-state index < -0.39 is 11.9 Å². The molecule has 1 heterocycles. The Kier molecular flexibility index (Phi) is 6.31. The molecule has 0 aliphatic rings. The molecule has 34 heavy (non-hydrogen) atoms. The monoisotopic (exact) mass is 455 g/mol. The smallest absolute Gasteiger partial charge is 0.337 e. The molecular weight excluding hydrogens is 434 g/mol. The Morgan fingerprint density at radius 2 is 1.12 bits per heavy atom. The van der Waals surface area contributed by atoms with Crippen LogP contribution in [-0.4, -0.2) is 46.2 Å². The van der Waals surface area contributed by atoms with Crippen LogP contribution in [0.3, 0.4) is 0 Å². The fourth-order valence-corrected chi connectivity index (χ4v) is 3.33. The lowest BCUT2D eigenvalue weighted by atomic mass is 10.1. The van der Waals surface area contributed by atoms with Gasteiger partial charge in [0.1, 0.15) is 5.75 Å². The molecule has 1 N–H and O–H groups in total. The number of esters is 2. The summed E-state index contributed by atoms with van der Waals surface area (Å²) < 4.78 is 9.50. The van der Waals surface area contributed by atoms with E-state index >= 15 is 0 Å². The Balaban J connectivity index is 1.84. The van der Waals surface area contributed by atoms with Crippen molar-refractivity contribution < 1.29 is 24.2 Å². The van der Waals surface area contributed by atoms with E-state index in [1.807, 2.05) is 13.0 Å². The minimum atomic E-state index is -0.446. The van der Waals surface area contributed by atoms with Crippen LogP contribution < -0.4 is 0 Å². The number of phenolic OH excluding ortho intramolecular Hbond substituents is 1. The first-order valence-electron chi connectivity index (χ1n) is 10.3.